The van der Waals surface area contributed by atoms with Crippen molar-refractivity contribution in [1.29, 1.82) is 0 Å². The van der Waals surface area contributed by atoms with Crippen LogP contribution >= 0.6 is 0 Å². The van der Waals surface area contributed by atoms with E-state index in [2.05, 4.69) is 15.0 Å². The summed E-state index contributed by atoms with van der Waals surface area (Å²) in [6.45, 7) is 0. The highest BCUT2D eigenvalue weighted by atomic mass is 16.1. The molecule has 0 bridgehead atoms. The normalized spacial score (nSPS) is 10.6. The molecule has 1 aromatic carbocycles. The van der Waals surface area contributed by atoms with E-state index in [-0.39, 0.29) is 5.56 Å². The van der Waals surface area contributed by atoms with Crippen LogP contribution in [-0.4, -0.2) is 15.0 Å². The zero-order valence-electron chi connectivity index (χ0n) is 8.92. The number of H-pyrrole nitrogens is 1. The molecule has 0 aliphatic heterocycles. The van der Waals surface area contributed by atoms with Gasteiger partial charge in [0.1, 0.15) is 0 Å². The van der Waals surface area contributed by atoms with E-state index in [1.807, 2.05) is 18.2 Å². The van der Waals surface area contributed by atoms with E-state index in [1.54, 1.807) is 24.5 Å². The topological polar surface area (TPSA) is 58.6 Å². The number of nitrogens with zero attached hydrogens (tertiary/aromatic N) is 2. The maximum absolute atomic E-state index is 11.4. The molecule has 3 aromatic rings. The minimum absolute atomic E-state index is 0.124. The molecule has 2 aromatic heterocycles. The van der Waals surface area contributed by atoms with Crippen LogP contribution in [0, 0.1) is 0 Å². The molecule has 0 aliphatic carbocycles. The molecule has 0 fully saturated rings. The Labute approximate surface area is 97.0 Å². The fraction of sp³-hybridized carbons (Fsp3) is 0. The maximum atomic E-state index is 11.4. The van der Waals surface area contributed by atoms with Gasteiger partial charge in [-0.15, -0.1) is 0 Å². The summed E-state index contributed by atoms with van der Waals surface area (Å²) in [5.41, 5.74) is 1.48. The molecule has 0 atom stereocenters. The Morgan fingerprint density at radius 2 is 1.76 bits per heavy atom. The SMILES string of the molecule is O=c1ccc2cccc(-c3ncccn3)c2[nH]1. The number of pyridine rings is 1. The number of benzene rings is 1. The van der Waals surface area contributed by atoms with Gasteiger partial charge in [0.05, 0.1) is 5.52 Å². The van der Waals surface area contributed by atoms with Gasteiger partial charge < -0.3 is 4.98 Å². The first-order valence-corrected chi connectivity index (χ1v) is 5.24. The number of fused-ring (bicyclic) bond motifs is 1. The first-order chi connectivity index (χ1) is 8.34. The second-order valence-electron chi connectivity index (χ2n) is 3.66. The zero-order chi connectivity index (χ0) is 11.7. The van der Waals surface area contributed by atoms with Crippen LogP contribution in [0.2, 0.25) is 0 Å². The molecule has 17 heavy (non-hydrogen) atoms. The summed E-state index contributed by atoms with van der Waals surface area (Å²) in [7, 11) is 0. The molecule has 82 valence electrons. The molecule has 0 radical (unpaired) electrons. The Morgan fingerprint density at radius 1 is 0.941 bits per heavy atom. The van der Waals surface area contributed by atoms with E-state index in [0.717, 1.165) is 16.5 Å². The lowest BCUT2D eigenvalue weighted by Crippen LogP contribution is -2.03. The summed E-state index contributed by atoms with van der Waals surface area (Å²) < 4.78 is 0. The maximum Gasteiger partial charge on any atom is 0.248 e. The van der Waals surface area contributed by atoms with Crippen molar-refractivity contribution in [1.82, 2.24) is 15.0 Å². The quantitative estimate of drug-likeness (QED) is 0.686. The third kappa shape index (κ3) is 1.69. The Kier molecular flexibility index (Phi) is 2.19. The monoisotopic (exact) mass is 223 g/mol. The van der Waals surface area contributed by atoms with Crippen molar-refractivity contribution >= 4 is 10.9 Å². The van der Waals surface area contributed by atoms with E-state index < -0.39 is 0 Å². The number of aromatic amines is 1. The molecule has 0 unspecified atom stereocenters. The summed E-state index contributed by atoms with van der Waals surface area (Å²) >= 11 is 0. The number of hydrogen-bond acceptors (Lipinski definition) is 3. The Morgan fingerprint density at radius 3 is 2.59 bits per heavy atom. The summed E-state index contributed by atoms with van der Waals surface area (Å²) in [6, 6.07) is 10.8. The van der Waals surface area contributed by atoms with Gasteiger partial charge in [-0.3, -0.25) is 4.79 Å². The number of aromatic nitrogens is 3. The molecular formula is C13H9N3O. The van der Waals surface area contributed by atoms with Crippen LogP contribution in [0.5, 0.6) is 0 Å². The smallest absolute Gasteiger partial charge is 0.248 e. The van der Waals surface area contributed by atoms with Gasteiger partial charge in [-0.25, -0.2) is 9.97 Å². The Balaban J connectivity index is 2.37. The number of rotatable bonds is 1. The third-order valence-electron chi connectivity index (χ3n) is 2.57. The van der Waals surface area contributed by atoms with Crippen molar-refractivity contribution in [3.05, 3.63) is 59.1 Å². The van der Waals surface area contributed by atoms with Crippen molar-refractivity contribution in [3.8, 4) is 11.4 Å². The standard InChI is InChI=1S/C13H9N3O/c17-11-6-5-9-3-1-4-10(12(9)16-11)13-14-7-2-8-15-13/h1-8H,(H,16,17). The van der Waals surface area contributed by atoms with E-state index in [0.29, 0.717) is 5.82 Å². The Bertz CT molecular complexity index is 719. The second kappa shape index (κ2) is 3.83. The molecule has 1 N–H and O–H groups in total. The van der Waals surface area contributed by atoms with Gasteiger partial charge in [-0.2, -0.15) is 0 Å². The van der Waals surface area contributed by atoms with E-state index in [9.17, 15) is 4.79 Å². The molecule has 0 spiro atoms. The second-order valence-corrected chi connectivity index (χ2v) is 3.66. The van der Waals surface area contributed by atoms with Crippen molar-refractivity contribution in [2.24, 2.45) is 0 Å². The molecule has 0 aliphatic rings. The molecule has 3 rings (SSSR count). The van der Waals surface area contributed by atoms with Gasteiger partial charge >= 0.3 is 0 Å². The average molecular weight is 223 g/mol. The summed E-state index contributed by atoms with van der Waals surface area (Å²) in [4.78, 5) is 22.6. The highest BCUT2D eigenvalue weighted by Gasteiger charge is 2.05. The summed E-state index contributed by atoms with van der Waals surface area (Å²) in [5.74, 6) is 0.611. The van der Waals surface area contributed by atoms with Crippen molar-refractivity contribution < 1.29 is 0 Å². The van der Waals surface area contributed by atoms with E-state index >= 15 is 0 Å². The van der Waals surface area contributed by atoms with Crippen LogP contribution in [0.15, 0.2) is 53.6 Å². The summed E-state index contributed by atoms with van der Waals surface area (Å²) in [6.07, 6.45) is 3.37. The lowest BCUT2D eigenvalue weighted by atomic mass is 10.1. The largest absolute Gasteiger partial charge is 0.321 e. The van der Waals surface area contributed by atoms with Gasteiger partial charge in [-0.1, -0.05) is 12.1 Å². The molecule has 0 amide bonds. The van der Waals surface area contributed by atoms with Crippen molar-refractivity contribution in [2.45, 2.75) is 0 Å². The molecule has 0 saturated heterocycles. The highest BCUT2D eigenvalue weighted by Crippen LogP contribution is 2.22. The van der Waals surface area contributed by atoms with Gasteiger partial charge in [0, 0.05) is 24.0 Å². The predicted octanol–water partition coefficient (Wildman–Crippen LogP) is 1.99. The first kappa shape index (κ1) is 9.72. The molecule has 4 heteroatoms. The van der Waals surface area contributed by atoms with Gasteiger partial charge in [0.25, 0.3) is 0 Å². The average Bonchev–Trinajstić information content (AvgIpc) is 2.39. The van der Waals surface area contributed by atoms with E-state index in [1.165, 1.54) is 6.07 Å². The highest BCUT2D eigenvalue weighted by molar-refractivity contribution is 5.91. The number of para-hydroxylation sites is 1. The predicted molar refractivity (Wildman–Crippen MR) is 65.6 cm³/mol. The fourth-order valence-corrected chi connectivity index (χ4v) is 1.80. The molecular weight excluding hydrogens is 214 g/mol. The van der Waals surface area contributed by atoms with Crippen LogP contribution in [0.25, 0.3) is 22.3 Å². The minimum Gasteiger partial charge on any atom is -0.321 e. The lowest BCUT2D eigenvalue weighted by Gasteiger charge is -2.04. The van der Waals surface area contributed by atoms with Crippen LogP contribution in [-0.2, 0) is 0 Å². The van der Waals surface area contributed by atoms with Gasteiger partial charge in [-0.05, 0) is 23.6 Å². The van der Waals surface area contributed by atoms with Crippen LogP contribution in [0.3, 0.4) is 0 Å². The van der Waals surface area contributed by atoms with Crippen molar-refractivity contribution in [3.63, 3.8) is 0 Å². The summed E-state index contributed by atoms with van der Waals surface area (Å²) in [5, 5.41) is 0.967. The van der Waals surface area contributed by atoms with Crippen LogP contribution in [0.4, 0.5) is 0 Å². The Hall–Kier alpha value is -2.49. The lowest BCUT2D eigenvalue weighted by molar-refractivity contribution is 1.17. The third-order valence-corrected chi connectivity index (χ3v) is 2.57. The van der Waals surface area contributed by atoms with Crippen LogP contribution in [0.1, 0.15) is 0 Å². The number of hydrogen-bond donors (Lipinski definition) is 1. The van der Waals surface area contributed by atoms with E-state index in [4.69, 9.17) is 0 Å². The van der Waals surface area contributed by atoms with Crippen LogP contribution < -0.4 is 5.56 Å². The zero-order valence-corrected chi connectivity index (χ0v) is 8.92. The molecule has 4 nitrogen and oxygen atoms in total. The van der Waals surface area contributed by atoms with Gasteiger partial charge in [0.15, 0.2) is 5.82 Å². The van der Waals surface area contributed by atoms with Crippen molar-refractivity contribution in [2.75, 3.05) is 0 Å². The first-order valence-electron chi connectivity index (χ1n) is 5.24. The minimum atomic E-state index is -0.124. The fourth-order valence-electron chi connectivity index (χ4n) is 1.80. The molecule has 0 saturated carbocycles. The number of nitrogens with one attached hydrogen (secondary N) is 1. The molecule has 2 heterocycles. The van der Waals surface area contributed by atoms with Gasteiger partial charge in [0.2, 0.25) is 5.56 Å².